The fraction of sp³-hybridized carbons (Fsp3) is 0.562. The van der Waals surface area contributed by atoms with Crippen LogP contribution in [0.5, 0.6) is 0 Å². The Morgan fingerprint density at radius 1 is 1.24 bits per heavy atom. The van der Waals surface area contributed by atoms with Crippen molar-refractivity contribution in [2.24, 2.45) is 0 Å². The van der Waals surface area contributed by atoms with E-state index in [0.717, 1.165) is 44.9 Å². The molecule has 21 heavy (non-hydrogen) atoms. The van der Waals surface area contributed by atoms with Crippen LogP contribution < -0.4 is 5.32 Å². The van der Waals surface area contributed by atoms with E-state index in [0.29, 0.717) is 0 Å². The van der Waals surface area contributed by atoms with Crippen molar-refractivity contribution in [1.82, 2.24) is 15.1 Å². The lowest BCUT2D eigenvalue weighted by Gasteiger charge is -2.35. The van der Waals surface area contributed by atoms with Crippen LogP contribution >= 0.6 is 0 Å². The highest BCUT2D eigenvalue weighted by atomic mass is 16.5. The Kier molecular flexibility index (Phi) is 6.02. The summed E-state index contributed by atoms with van der Waals surface area (Å²) >= 11 is 0. The Balaban J connectivity index is 1.77. The summed E-state index contributed by atoms with van der Waals surface area (Å²) in [6.45, 7) is 7.08. The highest BCUT2D eigenvalue weighted by molar-refractivity contribution is 5.74. The summed E-state index contributed by atoms with van der Waals surface area (Å²) in [6, 6.07) is 10.1. The van der Waals surface area contributed by atoms with Crippen molar-refractivity contribution in [2.45, 2.75) is 13.0 Å². The molecule has 0 radical (unpaired) electrons. The fourth-order valence-corrected chi connectivity index (χ4v) is 2.50. The molecule has 1 saturated heterocycles. The van der Waals surface area contributed by atoms with Gasteiger partial charge in [0, 0.05) is 39.8 Å². The normalized spacial score (nSPS) is 17.5. The van der Waals surface area contributed by atoms with Crippen LogP contribution in [0.15, 0.2) is 30.3 Å². The molecular formula is C16H25N3O2. The van der Waals surface area contributed by atoms with E-state index in [9.17, 15) is 4.79 Å². The molecule has 1 aliphatic rings. The standard InChI is InChI=1S/C16H25N3O2/c1-14(15-6-4-3-5-7-15)17-16(20)19-10-8-18(9-11-19)12-13-21-2/h3-7,14H,8-13H2,1-2H3,(H,17,20). The van der Waals surface area contributed by atoms with Gasteiger partial charge in [0.25, 0.3) is 0 Å². The second kappa shape index (κ2) is 8.00. The third-order valence-corrected chi connectivity index (χ3v) is 3.91. The van der Waals surface area contributed by atoms with E-state index in [1.807, 2.05) is 42.2 Å². The smallest absolute Gasteiger partial charge is 0.317 e. The lowest BCUT2D eigenvalue weighted by Crippen LogP contribution is -2.52. The van der Waals surface area contributed by atoms with Crippen molar-refractivity contribution in [3.05, 3.63) is 35.9 Å². The maximum atomic E-state index is 12.3. The van der Waals surface area contributed by atoms with Crippen LogP contribution in [0.1, 0.15) is 18.5 Å². The number of piperazine rings is 1. The molecule has 1 atom stereocenters. The average Bonchev–Trinajstić information content (AvgIpc) is 2.54. The monoisotopic (exact) mass is 291 g/mol. The van der Waals surface area contributed by atoms with E-state index < -0.39 is 0 Å². The van der Waals surface area contributed by atoms with E-state index in [1.165, 1.54) is 0 Å². The average molecular weight is 291 g/mol. The number of methoxy groups -OCH3 is 1. The van der Waals surface area contributed by atoms with Crippen LogP contribution in [-0.4, -0.2) is 62.3 Å². The highest BCUT2D eigenvalue weighted by Gasteiger charge is 2.21. The first-order valence-corrected chi connectivity index (χ1v) is 7.52. The Bertz CT molecular complexity index is 430. The number of hydrogen-bond donors (Lipinski definition) is 1. The Morgan fingerprint density at radius 2 is 1.90 bits per heavy atom. The quantitative estimate of drug-likeness (QED) is 0.898. The number of amides is 2. The van der Waals surface area contributed by atoms with Gasteiger partial charge in [0.05, 0.1) is 12.6 Å². The van der Waals surface area contributed by atoms with Crippen LogP contribution in [0, 0.1) is 0 Å². The summed E-state index contributed by atoms with van der Waals surface area (Å²) in [5, 5.41) is 3.07. The SMILES string of the molecule is COCCN1CCN(C(=O)NC(C)c2ccccc2)CC1. The maximum Gasteiger partial charge on any atom is 0.317 e. The highest BCUT2D eigenvalue weighted by Crippen LogP contribution is 2.12. The molecule has 116 valence electrons. The van der Waals surface area contributed by atoms with Crippen molar-refractivity contribution >= 4 is 6.03 Å². The van der Waals surface area contributed by atoms with Gasteiger partial charge in [0.1, 0.15) is 0 Å². The number of benzene rings is 1. The number of carbonyl (C=O) groups excluding carboxylic acids is 1. The van der Waals surface area contributed by atoms with E-state index in [-0.39, 0.29) is 12.1 Å². The number of ether oxygens (including phenoxy) is 1. The van der Waals surface area contributed by atoms with Crippen molar-refractivity contribution in [1.29, 1.82) is 0 Å². The number of rotatable bonds is 5. The molecule has 1 unspecified atom stereocenters. The molecule has 1 aliphatic heterocycles. The summed E-state index contributed by atoms with van der Waals surface area (Å²) < 4.78 is 5.09. The van der Waals surface area contributed by atoms with E-state index >= 15 is 0 Å². The van der Waals surface area contributed by atoms with Gasteiger partial charge >= 0.3 is 6.03 Å². The number of urea groups is 1. The first-order valence-electron chi connectivity index (χ1n) is 7.52. The largest absolute Gasteiger partial charge is 0.383 e. The molecule has 0 aromatic heterocycles. The van der Waals surface area contributed by atoms with E-state index in [2.05, 4.69) is 10.2 Å². The molecule has 0 bridgehead atoms. The molecule has 5 nitrogen and oxygen atoms in total. The Morgan fingerprint density at radius 3 is 2.52 bits per heavy atom. The predicted molar refractivity (Wildman–Crippen MR) is 83.3 cm³/mol. The lowest BCUT2D eigenvalue weighted by molar-refractivity contribution is 0.105. The summed E-state index contributed by atoms with van der Waals surface area (Å²) in [7, 11) is 1.72. The molecule has 0 saturated carbocycles. The topological polar surface area (TPSA) is 44.8 Å². The summed E-state index contributed by atoms with van der Waals surface area (Å²) in [5.74, 6) is 0. The molecular weight excluding hydrogens is 266 g/mol. The molecule has 5 heteroatoms. The van der Waals surface area contributed by atoms with Gasteiger partial charge in [0.15, 0.2) is 0 Å². The van der Waals surface area contributed by atoms with E-state index in [1.54, 1.807) is 7.11 Å². The third-order valence-electron chi connectivity index (χ3n) is 3.91. The molecule has 2 amide bonds. The number of nitrogens with one attached hydrogen (secondary N) is 1. The van der Waals surface area contributed by atoms with Crippen LogP contribution in [-0.2, 0) is 4.74 Å². The summed E-state index contributed by atoms with van der Waals surface area (Å²) in [5.41, 5.74) is 1.13. The van der Waals surface area contributed by atoms with Gasteiger partial charge in [-0.2, -0.15) is 0 Å². The van der Waals surface area contributed by atoms with Crippen molar-refractivity contribution in [3.63, 3.8) is 0 Å². The second-order valence-corrected chi connectivity index (χ2v) is 5.40. The molecule has 1 N–H and O–H groups in total. The van der Waals surface area contributed by atoms with Crippen molar-refractivity contribution in [2.75, 3.05) is 46.4 Å². The number of hydrogen-bond acceptors (Lipinski definition) is 3. The molecule has 0 aliphatic carbocycles. The Hall–Kier alpha value is -1.59. The zero-order valence-corrected chi connectivity index (χ0v) is 12.9. The molecule has 0 spiro atoms. The van der Waals surface area contributed by atoms with Gasteiger partial charge in [0.2, 0.25) is 0 Å². The van der Waals surface area contributed by atoms with Gasteiger partial charge in [-0.25, -0.2) is 4.79 Å². The van der Waals surface area contributed by atoms with Crippen LogP contribution in [0.4, 0.5) is 4.79 Å². The lowest BCUT2D eigenvalue weighted by atomic mass is 10.1. The predicted octanol–water partition coefficient (Wildman–Crippen LogP) is 1.72. The molecule has 2 rings (SSSR count). The van der Waals surface area contributed by atoms with Gasteiger partial charge in [-0.15, -0.1) is 0 Å². The van der Waals surface area contributed by atoms with Gasteiger partial charge < -0.3 is 15.0 Å². The molecule has 1 aromatic carbocycles. The minimum atomic E-state index is 0.0257. The van der Waals surface area contributed by atoms with Crippen molar-refractivity contribution < 1.29 is 9.53 Å². The molecule has 1 aromatic rings. The van der Waals surface area contributed by atoms with Crippen molar-refractivity contribution in [3.8, 4) is 0 Å². The summed E-state index contributed by atoms with van der Waals surface area (Å²) in [4.78, 5) is 16.5. The van der Waals surface area contributed by atoms with Gasteiger partial charge in [-0.3, -0.25) is 4.90 Å². The third kappa shape index (κ3) is 4.72. The Labute approximate surface area is 126 Å². The van der Waals surface area contributed by atoms with Gasteiger partial charge in [-0.1, -0.05) is 30.3 Å². The summed E-state index contributed by atoms with van der Waals surface area (Å²) in [6.07, 6.45) is 0. The fourth-order valence-electron chi connectivity index (χ4n) is 2.50. The number of nitrogens with zero attached hydrogens (tertiary/aromatic N) is 2. The molecule has 1 heterocycles. The minimum absolute atomic E-state index is 0.0257. The minimum Gasteiger partial charge on any atom is -0.383 e. The first-order chi connectivity index (χ1) is 10.2. The van der Waals surface area contributed by atoms with Gasteiger partial charge in [-0.05, 0) is 12.5 Å². The second-order valence-electron chi connectivity index (χ2n) is 5.40. The first kappa shape index (κ1) is 15.8. The zero-order chi connectivity index (χ0) is 15.1. The maximum absolute atomic E-state index is 12.3. The van der Waals surface area contributed by atoms with Crippen LogP contribution in [0.3, 0.4) is 0 Å². The zero-order valence-electron chi connectivity index (χ0n) is 12.9. The van der Waals surface area contributed by atoms with Crippen LogP contribution in [0.25, 0.3) is 0 Å². The molecule has 1 fully saturated rings. The van der Waals surface area contributed by atoms with E-state index in [4.69, 9.17) is 4.74 Å². The van der Waals surface area contributed by atoms with Crippen LogP contribution in [0.2, 0.25) is 0 Å². The number of carbonyl (C=O) groups is 1.